The van der Waals surface area contributed by atoms with Crippen LogP contribution in [-0.2, 0) is 18.3 Å². The molecule has 0 aliphatic heterocycles. The van der Waals surface area contributed by atoms with Gasteiger partial charge in [-0.05, 0) is 18.1 Å². The van der Waals surface area contributed by atoms with Crippen LogP contribution in [0, 0.1) is 12.3 Å². The van der Waals surface area contributed by atoms with Crippen molar-refractivity contribution in [2.45, 2.75) is 12.8 Å². The third-order valence-corrected chi connectivity index (χ3v) is 2.85. The zero-order valence-corrected chi connectivity index (χ0v) is 9.60. The van der Waals surface area contributed by atoms with E-state index in [2.05, 4.69) is 5.92 Å². The van der Waals surface area contributed by atoms with Gasteiger partial charge in [0.05, 0.1) is 5.52 Å². The predicted octanol–water partition coefficient (Wildman–Crippen LogP) is 2.18. The van der Waals surface area contributed by atoms with Gasteiger partial charge in [0.2, 0.25) is 0 Å². The van der Waals surface area contributed by atoms with Crippen molar-refractivity contribution in [1.29, 1.82) is 0 Å². The molecule has 3 nitrogen and oxygen atoms in total. The highest BCUT2D eigenvalue weighted by Crippen LogP contribution is 2.24. The van der Waals surface area contributed by atoms with Crippen molar-refractivity contribution in [3.8, 4) is 12.3 Å². The lowest BCUT2D eigenvalue weighted by atomic mass is 10.1. The van der Waals surface area contributed by atoms with Crippen molar-refractivity contribution in [3.63, 3.8) is 0 Å². The van der Waals surface area contributed by atoms with Gasteiger partial charge in [-0.3, -0.25) is 4.79 Å². The zero-order chi connectivity index (χ0) is 12.4. The molecule has 2 aromatic rings. The van der Waals surface area contributed by atoms with Crippen molar-refractivity contribution < 1.29 is 9.90 Å². The van der Waals surface area contributed by atoms with Crippen LogP contribution in [0.2, 0.25) is 0 Å². The Kier molecular flexibility index (Phi) is 2.88. The molecular formula is C14H13NO2. The minimum atomic E-state index is -0.782. The van der Waals surface area contributed by atoms with Gasteiger partial charge < -0.3 is 9.67 Å². The molecule has 1 N–H and O–H groups in total. The molecule has 1 heterocycles. The first-order chi connectivity index (χ1) is 8.13. The smallest absolute Gasteiger partial charge is 0.303 e. The van der Waals surface area contributed by atoms with E-state index in [9.17, 15) is 4.79 Å². The molecule has 0 saturated carbocycles. The van der Waals surface area contributed by atoms with E-state index in [1.54, 1.807) is 0 Å². The molecule has 17 heavy (non-hydrogen) atoms. The molecule has 2 rings (SSSR count). The largest absolute Gasteiger partial charge is 0.481 e. The lowest BCUT2D eigenvalue weighted by molar-refractivity contribution is -0.136. The average molecular weight is 227 g/mol. The SMILES string of the molecule is C#Cc1cccc2c(CCC(=O)O)cn(C)c12. The van der Waals surface area contributed by atoms with E-state index < -0.39 is 5.97 Å². The summed E-state index contributed by atoms with van der Waals surface area (Å²) in [5.41, 5.74) is 2.86. The van der Waals surface area contributed by atoms with E-state index in [0.29, 0.717) is 6.42 Å². The molecule has 1 aromatic heterocycles. The highest BCUT2D eigenvalue weighted by molar-refractivity contribution is 5.89. The Balaban J connectivity index is 2.53. The third-order valence-electron chi connectivity index (χ3n) is 2.85. The Labute approximate surface area is 99.7 Å². The summed E-state index contributed by atoms with van der Waals surface area (Å²) in [5.74, 6) is 1.87. The second kappa shape index (κ2) is 4.34. The summed E-state index contributed by atoms with van der Waals surface area (Å²) in [6.07, 6.45) is 8.08. The van der Waals surface area contributed by atoms with Crippen molar-refractivity contribution in [3.05, 3.63) is 35.5 Å². The van der Waals surface area contributed by atoms with Crippen molar-refractivity contribution in [1.82, 2.24) is 4.57 Å². The quantitative estimate of drug-likeness (QED) is 0.816. The Hall–Kier alpha value is -2.21. The number of fused-ring (bicyclic) bond motifs is 1. The normalized spacial score (nSPS) is 10.4. The summed E-state index contributed by atoms with van der Waals surface area (Å²) in [5, 5.41) is 9.76. The molecule has 0 saturated heterocycles. The minimum absolute atomic E-state index is 0.138. The Morgan fingerprint density at radius 2 is 2.29 bits per heavy atom. The molecule has 86 valence electrons. The molecule has 1 aromatic carbocycles. The monoisotopic (exact) mass is 227 g/mol. The molecule has 0 aliphatic rings. The maximum Gasteiger partial charge on any atom is 0.303 e. The molecule has 0 aliphatic carbocycles. The van der Waals surface area contributed by atoms with Gasteiger partial charge in [0.15, 0.2) is 0 Å². The average Bonchev–Trinajstić information content (AvgIpc) is 2.64. The number of terminal acetylenes is 1. The number of aryl methyl sites for hydroxylation is 2. The van der Waals surface area contributed by atoms with Crippen molar-refractivity contribution in [2.75, 3.05) is 0 Å². The second-order valence-corrected chi connectivity index (χ2v) is 4.01. The van der Waals surface area contributed by atoms with Crippen LogP contribution in [0.4, 0.5) is 0 Å². The van der Waals surface area contributed by atoms with Crippen LogP contribution >= 0.6 is 0 Å². The molecule has 0 fully saturated rings. The van der Waals surface area contributed by atoms with E-state index in [1.807, 2.05) is 36.0 Å². The first-order valence-corrected chi connectivity index (χ1v) is 5.39. The number of hydrogen-bond donors (Lipinski definition) is 1. The number of rotatable bonds is 3. The van der Waals surface area contributed by atoms with Gasteiger partial charge in [0.25, 0.3) is 0 Å². The van der Waals surface area contributed by atoms with Crippen LogP contribution in [0.15, 0.2) is 24.4 Å². The van der Waals surface area contributed by atoms with Gasteiger partial charge >= 0.3 is 5.97 Å². The fraction of sp³-hybridized carbons (Fsp3) is 0.214. The van der Waals surface area contributed by atoms with Gasteiger partial charge in [-0.2, -0.15) is 0 Å². The van der Waals surface area contributed by atoms with E-state index in [0.717, 1.165) is 22.0 Å². The van der Waals surface area contributed by atoms with E-state index in [-0.39, 0.29) is 6.42 Å². The molecule has 0 radical (unpaired) electrons. The molecule has 0 unspecified atom stereocenters. The summed E-state index contributed by atoms with van der Waals surface area (Å²) in [4.78, 5) is 10.6. The summed E-state index contributed by atoms with van der Waals surface area (Å²) >= 11 is 0. The van der Waals surface area contributed by atoms with E-state index >= 15 is 0 Å². The van der Waals surface area contributed by atoms with Crippen LogP contribution in [0.1, 0.15) is 17.5 Å². The Morgan fingerprint density at radius 1 is 1.53 bits per heavy atom. The third kappa shape index (κ3) is 2.02. The zero-order valence-electron chi connectivity index (χ0n) is 9.60. The fourth-order valence-corrected chi connectivity index (χ4v) is 2.11. The number of carbonyl (C=O) groups is 1. The van der Waals surface area contributed by atoms with Crippen LogP contribution in [-0.4, -0.2) is 15.6 Å². The van der Waals surface area contributed by atoms with Gasteiger partial charge in [0, 0.05) is 30.6 Å². The first-order valence-electron chi connectivity index (χ1n) is 5.39. The number of benzene rings is 1. The maximum absolute atomic E-state index is 10.6. The maximum atomic E-state index is 10.6. The molecule has 3 heteroatoms. The molecular weight excluding hydrogens is 214 g/mol. The highest BCUT2D eigenvalue weighted by Gasteiger charge is 2.10. The van der Waals surface area contributed by atoms with E-state index in [1.165, 1.54) is 0 Å². The van der Waals surface area contributed by atoms with Gasteiger partial charge in [-0.25, -0.2) is 0 Å². The highest BCUT2D eigenvalue weighted by atomic mass is 16.4. The number of carboxylic acid groups (broad SMARTS) is 1. The molecule has 0 atom stereocenters. The van der Waals surface area contributed by atoms with Crippen LogP contribution in [0.5, 0.6) is 0 Å². The number of nitrogens with zero attached hydrogens (tertiary/aromatic N) is 1. The lowest BCUT2D eigenvalue weighted by Gasteiger charge is -1.99. The van der Waals surface area contributed by atoms with Gasteiger partial charge in [0.1, 0.15) is 0 Å². The number of aliphatic carboxylic acids is 1. The van der Waals surface area contributed by atoms with Crippen molar-refractivity contribution >= 4 is 16.9 Å². The molecule has 0 spiro atoms. The lowest BCUT2D eigenvalue weighted by Crippen LogP contribution is -1.96. The van der Waals surface area contributed by atoms with Crippen LogP contribution in [0.25, 0.3) is 10.9 Å². The number of carboxylic acids is 1. The standard InChI is InChI=1S/C14H13NO2/c1-3-10-5-4-6-12-11(7-8-13(16)17)9-15(2)14(10)12/h1,4-6,9H,7-8H2,2H3,(H,16,17). The Morgan fingerprint density at radius 3 is 2.94 bits per heavy atom. The van der Waals surface area contributed by atoms with Gasteiger partial charge in [-0.15, -0.1) is 6.42 Å². The number of para-hydroxylation sites is 1. The summed E-state index contributed by atoms with van der Waals surface area (Å²) in [6.45, 7) is 0. The summed E-state index contributed by atoms with van der Waals surface area (Å²) in [7, 11) is 1.92. The molecule has 0 amide bonds. The van der Waals surface area contributed by atoms with E-state index in [4.69, 9.17) is 11.5 Å². The number of aromatic nitrogens is 1. The molecule has 0 bridgehead atoms. The minimum Gasteiger partial charge on any atom is -0.481 e. The van der Waals surface area contributed by atoms with Crippen LogP contribution in [0.3, 0.4) is 0 Å². The van der Waals surface area contributed by atoms with Crippen LogP contribution < -0.4 is 0 Å². The summed E-state index contributed by atoms with van der Waals surface area (Å²) in [6, 6.07) is 5.78. The first kappa shape index (κ1) is 11.3. The summed E-state index contributed by atoms with van der Waals surface area (Å²) < 4.78 is 1.96. The predicted molar refractivity (Wildman–Crippen MR) is 66.8 cm³/mol. The fourth-order valence-electron chi connectivity index (χ4n) is 2.11. The van der Waals surface area contributed by atoms with Crippen molar-refractivity contribution in [2.24, 2.45) is 7.05 Å². The number of hydrogen-bond acceptors (Lipinski definition) is 1. The van der Waals surface area contributed by atoms with Gasteiger partial charge in [-0.1, -0.05) is 18.1 Å². The second-order valence-electron chi connectivity index (χ2n) is 4.01. The Bertz CT molecular complexity index is 617. The topological polar surface area (TPSA) is 42.2 Å².